The number of benzene rings is 1. The number of nitrogens with one attached hydrogen (secondary N) is 1. The average Bonchev–Trinajstić information content (AvgIpc) is 2.48. The van der Waals surface area contributed by atoms with Gasteiger partial charge in [0.15, 0.2) is 11.5 Å². The van der Waals surface area contributed by atoms with Crippen LogP contribution in [0.15, 0.2) is 22.7 Å². The highest BCUT2D eigenvalue weighted by molar-refractivity contribution is 9.10. The summed E-state index contributed by atoms with van der Waals surface area (Å²) < 4.78 is 11.8. The van der Waals surface area contributed by atoms with Crippen molar-refractivity contribution in [2.45, 2.75) is 26.8 Å². The van der Waals surface area contributed by atoms with E-state index in [1.165, 1.54) is 13.0 Å². The topological polar surface area (TPSA) is 84.9 Å². The molecular formula is C16H20BrNO5. The van der Waals surface area contributed by atoms with Gasteiger partial charge in [0.25, 0.3) is 0 Å². The Labute approximate surface area is 143 Å². The third-order valence-electron chi connectivity index (χ3n) is 2.78. The fourth-order valence-electron chi connectivity index (χ4n) is 1.73. The molecule has 7 heteroatoms. The molecule has 1 atom stereocenters. The summed E-state index contributed by atoms with van der Waals surface area (Å²) in [6, 6.07) is 2.60. The van der Waals surface area contributed by atoms with Crippen molar-refractivity contribution in [1.82, 2.24) is 5.32 Å². The van der Waals surface area contributed by atoms with Crippen LogP contribution in [-0.2, 0) is 9.59 Å². The maximum Gasteiger partial charge on any atom is 0.325 e. The van der Waals surface area contributed by atoms with Crippen molar-refractivity contribution in [3.8, 4) is 11.5 Å². The maximum atomic E-state index is 11.7. The predicted octanol–water partition coefficient (Wildman–Crippen LogP) is 2.85. The van der Waals surface area contributed by atoms with E-state index in [4.69, 9.17) is 14.6 Å². The Hall–Kier alpha value is -2.02. The van der Waals surface area contributed by atoms with Crippen molar-refractivity contribution in [2.75, 3.05) is 13.2 Å². The van der Waals surface area contributed by atoms with Crippen LogP contribution in [0.1, 0.15) is 26.3 Å². The Kier molecular flexibility index (Phi) is 7.61. The van der Waals surface area contributed by atoms with E-state index in [0.717, 1.165) is 5.56 Å². The molecule has 0 aliphatic carbocycles. The molecule has 0 radical (unpaired) electrons. The molecule has 6 nitrogen and oxygen atoms in total. The molecule has 0 unspecified atom stereocenters. The minimum absolute atomic E-state index is 0.482. The molecule has 126 valence electrons. The summed E-state index contributed by atoms with van der Waals surface area (Å²) in [6.45, 7) is 6.13. The predicted molar refractivity (Wildman–Crippen MR) is 90.8 cm³/mol. The first kappa shape index (κ1) is 19.0. The van der Waals surface area contributed by atoms with Crippen molar-refractivity contribution in [3.63, 3.8) is 0 Å². The fraction of sp³-hybridized carbons (Fsp3) is 0.375. The van der Waals surface area contributed by atoms with Crippen LogP contribution in [0.4, 0.5) is 0 Å². The van der Waals surface area contributed by atoms with Gasteiger partial charge in [0.05, 0.1) is 17.7 Å². The van der Waals surface area contributed by atoms with Gasteiger partial charge in [-0.05, 0) is 60.5 Å². The van der Waals surface area contributed by atoms with Crippen molar-refractivity contribution >= 4 is 33.9 Å². The standard InChI is InChI=1S/C16H20BrNO5/c1-4-22-13-9-11(8-12(17)15(13)23-5-2)6-7-14(19)18-10(3)16(20)21/h6-10H,4-5H2,1-3H3,(H,18,19)(H,20,21)/b7-6+/t10-/m1/s1. The van der Waals surface area contributed by atoms with Crippen LogP contribution in [0.5, 0.6) is 11.5 Å². The molecule has 0 aliphatic heterocycles. The normalized spacial score (nSPS) is 12.0. The number of carbonyl (C=O) groups excluding carboxylic acids is 1. The van der Waals surface area contributed by atoms with Gasteiger partial charge < -0.3 is 19.9 Å². The maximum absolute atomic E-state index is 11.7. The highest BCUT2D eigenvalue weighted by Gasteiger charge is 2.13. The SMILES string of the molecule is CCOc1cc(/C=C/C(=O)N[C@H](C)C(=O)O)cc(Br)c1OCC. The van der Waals surface area contributed by atoms with Gasteiger partial charge in [-0.15, -0.1) is 0 Å². The molecule has 2 N–H and O–H groups in total. The molecule has 1 aromatic rings. The van der Waals surface area contributed by atoms with Crippen molar-refractivity contribution in [2.24, 2.45) is 0 Å². The Morgan fingerprint density at radius 3 is 2.52 bits per heavy atom. The van der Waals surface area contributed by atoms with Crippen LogP contribution < -0.4 is 14.8 Å². The molecule has 0 aliphatic rings. The van der Waals surface area contributed by atoms with Gasteiger partial charge in [-0.1, -0.05) is 0 Å². The number of amides is 1. The summed E-state index contributed by atoms with van der Waals surface area (Å²) in [5.41, 5.74) is 0.724. The van der Waals surface area contributed by atoms with Gasteiger partial charge >= 0.3 is 5.97 Å². The number of halogens is 1. The van der Waals surface area contributed by atoms with Crippen molar-refractivity contribution < 1.29 is 24.2 Å². The summed E-state index contributed by atoms with van der Waals surface area (Å²) in [5, 5.41) is 11.1. The lowest BCUT2D eigenvalue weighted by Gasteiger charge is -2.13. The number of carboxylic acid groups (broad SMARTS) is 1. The lowest BCUT2D eigenvalue weighted by atomic mass is 10.2. The zero-order valence-corrected chi connectivity index (χ0v) is 14.8. The van der Waals surface area contributed by atoms with E-state index in [2.05, 4.69) is 21.2 Å². The van der Waals surface area contributed by atoms with E-state index < -0.39 is 17.9 Å². The van der Waals surface area contributed by atoms with Crippen LogP contribution in [0.2, 0.25) is 0 Å². The van der Waals surface area contributed by atoms with Crippen LogP contribution >= 0.6 is 15.9 Å². The second-order valence-electron chi connectivity index (χ2n) is 4.60. The second-order valence-corrected chi connectivity index (χ2v) is 5.45. The highest BCUT2D eigenvalue weighted by atomic mass is 79.9. The Morgan fingerprint density at radius 1 is 1.30 bits per heavy atom. The Bertz CT molecular complexity index is 600. The first-order chi connectivity index (χ1) is 10.9. The summed E-state index contributed by atoms with van der Waals surface area (Å²) in [4.78, 5) is 22.4. The Morgan fingerprint density at radius 2 is 1.96 bits per heavy atom. The van der Waals surface area contributed by atoms with E-state index >= 15 is 0 Å². The molecule has 0 saturated carbocycles. The molecule has 0 fully saturated rings. The molecule has 0 bridgehead atoms. The minimum atomic E-state index is -1.09. The van der Waals surface area contributed by atoms with E-state index in [-0.39, 0.29) is 0 Å². The van der Waals surface area contributed by atoms with Crippen LogP contribution in [-0.4, -0.2) is 36.2 Å². The highest BCUT2D eigenvalue weighted by Crippen LogP contribution is 2.37. The molecule has 0 spiro atoms. The number of carboxylic acids is 1. The van der Waals surface area contributed by atoms with Gasteiger partial charge in [-0.3, -0.25) is 9.59 Å². The fourth-order valence-corrected chi connectivity index (χ4v) is 2.30. The summed E-state index contributed by atoms with van der Waals surface area (Å²) in [6.07, 6.45) is 2.85. The number of rotatable bonds is 8. The van der Waals surface area contributed by atoms with Crippen LogP contribution in [0.25, 0.3) is 6.08 Å². The molecule has 0 heterocycles. The third kappa shape index (κ3) is 5.94. The lowest BCUT2D eigenvalue weighted by molar-refractivity contribution is -0.140. The number of aliphatic carboxylic acids is 1. The monoisotopic (exact) mass is 385 g/mol. The molecule has 0 saturated heterocycles. The first-order valence-electron chi connectivity index (χ1n) is 7.19. The molecule has 23 heavy (non-hydrogen) atoms. The number of hydrogen-bond donors (Lipinski definition) is 2. The van der Waals surface area contributed by atoms with E-state index in [1.807, 2.05) is 13.8 Å². The summed E-state index contributed by atoms with van der Waals surface area (Å²) in [7, 11) is 0. The average molecular weight is 386 g/mol. The van der Waals surface area contributed by atoms with Crippen LogP contribution in [0, 0.1) is 0 Å². The molecule has 1 amide bonds. The quantitative estimate of drug-likeness (QED) is 0.672. The molecule has 1 aromatic carbocycles. The third-order valence-corrected chi connectivity index (χ3v) is 3.37. The summed E-state index contributed by atoms with van der Waals surface area (Å²) in [5.74, 6) is -0.393. The second kappa shape index (κ2) is 9.19. The largest absolute Gasteiger partial charge is 0.490 e. The van der Waals surface area contributed by atoms with Gasteiger partial charge in [0.1, 0.15) is 6.04 Å². The van der Waals surface area contributed by atoms with Crippen LogP contribution in [0.3, 0.4) is 0 Å². The molecule has 0 aromatic heterocycles. The molecular weight excluding hydrogens is 366 g/mol. The number of carbonyl (C=O) groups is 2. The zero-order chi connectivity index (χ0) is 17.4. The van der Waals surface area contributed by atoms with Gasteiger partial charge in [0.2, 0.25) is 5.91 Å². The number of hydrogen-bond acceptors (Lipinski definition) is 4. The van der Waals surface area contributed by atoms with E-state index in [0.29, 0.717) is 29.2 Å². The van der Waals surface area contributed by atoms with Crippen molar-refractivity contribution in [1.29, 1.82) is 0 Å². The van der Waals surface area contributed by atoms with Crippen molar-refractivity contribution in [3.05, 3.63) is 28.2 Å². The lowest BCUT2D eigenvalue weighted by Crippen LogP contribution is -2.37. The van der Waals surface area contributed by atoms with Gasteiger partial charge in [-0.25, -0.2) is 0 Å². The number of ether oxygens (including phenoxy) is 2. The van der Waals surface area contributed by atoms with E-state index in [1.54, 1.807) is 18.2 Å². The minimum Gasteiger partial charge on any atom is -0.490 e. The molecule has 1 rings (SSSR count). The first-order valence-corrected chi connectivity index (χ1v) is 7.98. The summed E-state index contributed by atoms with van der Waals surface area (Å²) >= 11 is 3.42. The van der Waals surface area contributed by atoms with Gasteiger partial charge in [-0.2, -0.15) is 0 Å². The van der Waals surface area contributed by atoms with E-state index in [9.17, 15) is 9.59 Å². The zero-order valence-electron chi connectivity index (χ0n) is 13.3. The smallest absolute Gasteiger partial charge is 0.325 e. The Balaban J connectivity index is 2.94. The van der Waals surface area contributed by atoms with Gasteiger partial charge in [0, 0.05) is 6.08 Å².